The molecule has 1 aliphatic rings. The Morgan fingerprint density at radius 3 is 2.50 bits per heavy atom. The summed E-state index contributed by atoms with van der Waals surface area (Å²) in [6.45, 7) is 3.72. The van der Waals surface area contributed by atoms with Crippen LogP contribution in [0.5, 0.6) is 0 Å². The molecule has 0 saturated carbocycles. The molecule has 0 radical (unpaired) electrons. The highest BCUT2D eigenvalue weighted by molar-refractivity contribution is 6.35. The number of nitrogens with zero attached hydrogens (tertiary/aromatic N) is 2. The van der Waals surface area contributed by atoms with E-state index in [9.17, 15) is 9.59 Å². The number of hydrogen-bond acceptors (Lipinski definition) is 4. The van der Waals surface area contributed by atoms with Gasteiger partial charge in [0.05, 0.1) is 11.1 Å². The van der Waals surface area contributed by atoms with E-state index in [1.807, 2.05) is 19.9 Å². The summed E-state index contributed by atoms with van der Waals surface area (Å²) in [5.74, 6) is -0.455. The van der Waals surface area contributed by atoms with Crippen molar-refractivity contribution in [3.63, 3.8) is 0 Å². The van der Waals surface area contributed by atoms with Crippen LogP contribution in [0, 0.1) is 13.8 Å². The standard InChI is InChI=1S/C15H13N3O2/c1-8-6-9(2)17-12(7-8)18-14(19)10-4-3-5-11(16)13(10)15(18)20/h3-7H,16H2,1-2H3. The van der Waals surface area contributed by atoms with Crippen LogP contribution in [0.2, 0.25) is 0 Å². The molecule has 5 nitrogen and oxygen atoms in total. The van der Waals surface area contributed by atoms with E-state index in [1.165, 1.54) is 0 Å². The third-order valence-electron chi connectivity index (χ3n) is 3.26. The number of carbonyl (C=O) groups is 2. The molecule has 2 N–H and O–H groups in total. The maximum absolute atomic E-state index is 12.4. The van der Waals surface area contributed by atoms with E-state index in [0.717, 1.165) is 16.2 Å². The number of anilines is 2. The molecule has 0 aliphatic carbocycles. The normalized spacial score (nSPS) is 13.8. The van der Waals surface area contributed by atoms with Gasteiger partial charge in [0.15, 0.2) is 0 Å². The average molecular weight is 267 g/mol. The van der Waals surface area contributed by atoms with Gasteiger partial charge in [0.25, 0.3) is 11.8 Å². The number of nitrogens with two attached hydrogens (primary N) is 1. The highest BCUT2D eigenvalue weighted by Crippen LogP contribution is 2.31. The highest BCUT2D eigenvalue weighted by atomic mass is 16.2. The van der Waals surface area contributed by atoms with Crippen LogP contribution in [-0.2, 0) is 0 Å². The molecule has 2 heterocycles. The fourth-order valence-corrected chi connectivity index (χ4v) is 2.45. The van der Waals surface area contributed by atoms with Crippen molar-refractivity contribution in [3.8, 4) is 0 Å². The molecule has 0 saturated heterocycles. The van der Waals surface area contributed by atoms with E-state index < -0.39 is 5.91 Å². The van der Waals surface area contributed by atoms with Crippen LogP contribution < -0.4 is 10.6 Å². The van der Waals surface area contributed by atoms with Crippen LogP contribution in [-0.4, -0.2) is 16.8 Å². The zero-order valence-electron chi connectivity index (χ0n) is 11.2. The molecule has 3 rings (SSSR count). The summed E-state index contributed by atoms with van der Waals surface area (Å²) in [5.41, 5.74) is 8.41. The lowest BCUT2D eigenvalue weighted by molar-refractivity contribution is 0.0925. The number of carbonyl (C=O) groups excluding carboxylic acids is 2. The first-order valence-electron chi connectivity index (χ1n) is 6.21. The Labute approximate surface area is 116 Å². The van der Waals surface area contributed by atoms with Crippen molar-refractivity contribution < 1.29 is 9.59 Å². The molecule has 0 spiro atoms. The fourth-order valence-electron chi connectivity index (χ4n) is 2.45. The van der Waals surface area contributed by atoms with Gasteiger partial charge in [-0.2, -0.15) is 0 Å². The number of hydrogen-bond donors (Lipinski definition) is 1. The van der Waals surface area contributed by atoms with E-state index in [0.29, 0.717) is 17.1 Å². The number of imide groups is 1. The van der Waals surface area contributed by atoms with Crippen LogP contribution in [0.3, 0.4) is 0 Å². The van der Waals surface area contributed by atoms with Crippen LogP contribution >= 0.6 is 0 Å². The molecule has 1 aromatic heterocycles. The zero-order chi connectivity index (χ0) is 14.4. The monoisotopic (exact) mass is 267 g/mol. The molecular weight excluding hydrogens is 254 g/mol. The maximum Gasteiger partial charge on any atom is 0.269 e. The summed E-state index contributed by atoms with van der Waals surface area (Å²) in [5, 5.41) is 0. The van der Waals surface area contributed by atoms with E-state index in [4.69, 9.17) is 5.73 Å². The molecule has 0 fully saturated rings. The number of benzene rings is 1. The van der Waals surface area contributed by atoms with Crippen molar-refractivity contribution in [2.24, 2.45) is 0 Å². The smallest absolute Gasteiger partial charge is 0.269 e. The van der Waals surface area contributed by atoms with Gasteiger partial charge < -0.3 is 5.73 Å². The lowest BCUT2D eigenvalue weighted by Crippen LogP contribution is -2.30. The van der Waals surface area contributed by atoms with Gasteiger partial charge >= 0.3 is 0 Å². The molecule has 100 valence electrons. The Balaban J connectivity index is 2.17. The predicted molar refractivity (Wildman–Crippen MR) is 75.7 cm³/mol. The average Bonchev–Trinajstić information content (AvgIpc) is 2.61. The van der Waals surface area contributed by atoms with Crippen molar-refractivity contribution in [3.05, 3.63) is 52.7 Å². The third kappa shape index (κ3) is 1.67. The molecule has 0 bridgehead atoms. The van der Waals surface area contributed by atoms with E-state index >= 15 is 0 Å². The number of aromatic nitrogens is 1. The minimum absolute atomic E-state index is 0.262. The van der Waals surface area contributed by atoms with Gasteiger partial charge in [-0.05, 0) is 43.7 Å². The Morgan fingerprint density at radius 2 is 1.85 bits per heavy atom. The summed E-state index contributed by atoms with van der Waals surface area (Å²) >= 11 is 0. The third-order valence-corrected chi connectivity index (χ3v) is 3.26. The molecule has 5 heteroatoms. The maximum atomic E-state index is 12.4. The van der Waals surface area contributed by atoms with Crippen LogP contribution in [0.1, 0.15) is 32.0 Å². The van der Waals surface area contributed by atoms with Gasteiger partial charge in [-0.1, -0.05) is 6.07 Å². The summed E-state index contributed by atoms with van der Waals surface area (Å²) in [4.78, 5) is 30.2. The number of fused-ring (bicyclic) bond motifs is 1. The van der Waals surface area contributed by atoms with Gasteiger partial charge in [0.2, 0.25) is 0 Å². The van der Waals surface area contributed by atoms with Gasteiger partial charge in [-0.25, -0.2) is 9.88 Å². The van der Waals surface area contributed by atoms with Crippen molar-refractivity contribution in [1.82, 2.24) is 4.98 Å². The van der Waals surface area contributed by atoms with Crippen LogP contribution in [0.4, 0.5) is 11.5 Å². The van der Waals surface area contributed by atoms with Crippen LogP contribution in [0.25, 0.3) is 0 Å². The number of rotatable bonds is 1. The second kappa shape index (κ2) is 4.16. The summed E-state index contributed by atoms with van der Waals surface area (Å²) < 4.78 is 0. The Hall–Kier alpha value is -2.69. The van der Waals surface area contributed by atoms with Gasteiger partial charge in [0.1, 0.15) is 5.82 Å². The number of amides is 2. The molecule has 1 aromatic carbocycles. The van der Waals surface area contributed by atoms with Crippen molar-refractivity contribution >= 4 is 23.3 Å². The highest BCUT2D eigenvalue weighted by Gasteiger charge is 2.38. The molecular formula is C15H13N3O2. The fraction of sp³-hybridized carbons (Fsp3) is 0.133. The topological polar surface area (TPSA) is 76.3 Å². The molecule has 1 aliphatic heterocycles. The van der Waals surface area contributed by atoms with Gasteiger partial charge in [-0.3, -0.25) is 9.59 Å². The first-order valence-corrected chi connectivity index (χ1v) is 6.21. The largest absolute Gasteiger partial charge is 0.398 e. The number of nitrogen functional groups attached to an aromatic ring is 1. The predicted octanol–water partition coefficient (Wildman–Crippen LogP) is 2.08. The lowest BCUT2D eigenvalue weighted by Gasteiger charge is -2.14. The van der Waals surface area contributed by atoms with E-state index in [1.54, 1.807) is 24.3 Å². The summed E-state index contributed by atoms with van der Waals surface area (Å²) in [7, 11) is 0. The van der Waals surface area contributed by atoms with Crippen molar-refractivity contribution in [2.75, 3.05) is 10.6 Å². The lowest BCUT2D eigenvalue weighted by atomic mass is 10.1. The SMILES string of the molecule is Cc1cc(C)nc(N2C(=O)c3cccc(N)c3C2=O)c1. The summed E-state index contributed by atoms with van der Waals surface area (Å²) in [6, 6.07) is 8.48. The van der Waals surface area contributed by atoms with Crippen LogP contribution in [0.15, 0.2) is 30.3 Å². The molecule has 20 heavy (non-hydrogen) atoms. The minimum Gasteiger partial charge on any atom is -0.398 e. The minimum atomic E-state index is -0.416. The Morgan fingerprint density at radius 1 is 1.10 bits per heavy atom. The van der Waals surface area contributed by atoms with Gasteiger partial charge in [-0.15, -0.1) is 0 Å². The first kappa shape index (κ1) is 12.3. The second-order valence-corrected chi connectivity index (χ2v) is 4.86. The molecule has 0 atom stereocenters. The number of aryl methyl sites for hydroxylation is 2. The Bertz CT molecular complexity index is 733. The van der Waals surface area contributed by atoms with Crippen molar-refractivity contribution in [2.45, 2.75) is 13.8 Å². The quantitative estimate of drug-likeness (QED) is 0.634. The van der Waals surface area contributed by atoms with Crippen molar-refractivity contribution in [1.29, 1.82) is 0 Å². The first-order chi connectivity index (χ1) is 9.49. The summed E-state index contributed by atoms with van der Waals surface area (Å²) in [6.07, 6.45) is 0. The Kier molecular flexibility index (Phi) is 2.57. The van der Waals surface area contributed by atoms with E-state index in [2.05, 4.69) is 4.98 Å². The van der Waals surface area contributed by atoms with Gasteiger partial charge in [0, 0.05) is 11.4 Å². The second-order valence-electron chi connectivity index (χ2n) is 4.86. The molecule has 2 aromatic rings. The van der Waals surface area contributed by atoms with E-state index in [-0.39, 0.29) is 11.5 Å². The number of pyridine rings is 1. The molecule has 2 amide bonds. The molecule has 0 unspecified atom stereocenters. The zero-order valence-corrected chi connectivity index (χ0v) is 11.2.